The quantitative estimate of drug-likeness (QED) is 0.826. The minimum Gasteiger partial charge on any atom is -0.350 e. The van der Waals surface area contributed by atoms with E-state index >= 15 is 0 Å². The minimum atomic E-state index is -0.420. The van der Waals surface area contributed by atoms with Gasteiger partial charge in [0.05, 0.1) is 11.8 Å². The highest BCUT2D eigenvalue weighted by atomic mass is 32.2. The van der Waals surface area contributed by atoms with Crippen molar-refractivity contribution in [2.75, 3.05) is 18.2 Å². The highest BCUT2D eigenvalue weighted by molar-refractivity contribution is 7.99. The normalized spacial score (nSPS) is 28.4. The topological polar surface area (TPSA) is 69.7 Å². The van der Waals surface area contributed by atoms with Crippen LogP contribution in [0.2, 0.25) is 0 Å². The third-order valence-corrected chi connectivity index (χ3v) is 5.47. The molecule has 2 aliphatic heterocycles. The lowest BCUT2D eigenvalue weighted by molar-refractivity contribution is -0.141. The van der Waals surface area contributed by atoms with Crippen molar-refractivity contribution in [2.45, 2.75) is 57.7 Å². The van der Waals surface area contributed by atoms with Crippen LogP contribution in [0.15, 0.2) is 0 Å². The lowest BCUT2D eigenvalue weighted by Gasteiger charge is -2.29. The van der Waals surface area contributed by atoms with Gasteiger partial charge in [-0.25, -0.2) is 0 Å². The number of nitrogens with one attached hydrogen (secondary N) is 1. The lowest BCUT2D eigenvalue weighted by atomic mass is 10.1. The summed E-state index contributed by atoms with van der Waals surface area (Å²) in [5.41, 5.74) is -0.314. The summed E-state index contributed by atoms with van der Waals surface area (Å²) in [5, 5.41) is 2.96. The van der Waals surface area contributed by atoms with E-state index in [0.29, 0.717) is 30.6 Å². The van der Waals surface area contributed by atoms with Crippen molar-refractivity contribution >= 4 is 29.5 Å². The molecular weight excluding hydrogens is 314 g/mol. The van der Waals surface area contributed by atoms with Crippen LogP contribution in [0.5, 0.6) is 0 Å². The van der Waals surface area contributed by atoms with Crippen LogP contribution in [0.4, 0.5) is 0 Å². The molecule has 3 amide bonds. The number of hydrogen-bond acceptors (Lipinski definition) is 4. The maximum Gasteiger partial charge on any atom is 0.244 e. The third-order valence-electron chi connectivity index (χ3n) is 4.46. The molecule has 7 heteroatoms. The van der Waals surface area contributed by atoms with E-state index in [1.54, 1.807) is 16.7 Å². The number of thioether (sulfide) groups is 1. The Morgan fingerprint density at radius 2 is 1.96 bits per heavy atom. The van der Waals surface area contributed by atoms with Gasteiger partial charge in [0, 0.05) is 30.3 Å². The Hall–Kier alpha value is -1.24. The van der Waals surface area contributed by atoms with Gasteiger partial charge < -0.3 is 15.1 Å². The predicted octanol–water partition coefficient (Wildman–Crippen LogP) is 0.813. The molecule has 1 N–H and O–H groups in total. The molecule has 1 saturated carbocycles. The molecule has 0 aromatic carbocycles. The Bertz CT molecular complexity index is 527. The highest BCUT2D eigenvalue weighted by Gasteiger charge is 2.45. The highest BCUT2D eigenvalue weighted by Crippen LogP contribution is 2.34. The SMILES string of the molecule is CC(C)(C)NC(=O)[C@@H]1CSCN1C(=O)[C@@H]1CC(=O)N(C2CC2)C1. The number of rotatable bonds is 3. The maximum absolute atomic E-state index is 12.8. The van der Waals surface area contributed by atoms with E-state index < -0.39 is 6.04 Å². The van der Waals surface area contributed by atoms with E-state index in [0.717, 1.165) is 12.8 Å². The molecule has 0 unspecified atom stereocenters. The van der Waals surface area contributed by atoms with Crippen molar-refractivity contribution < 1.29 is 14.4 Å². The summed E-state index contributed by atoms with van der Waals surface area (Å²) in [5.74, 6) is 0.829. The molecule has 0 spiro atoms. The molecule has 1 aliphatic carbocycles. The van der Waals surface area contributed by atoms with E-state index in [4.69, 9.17) is 0 Å². The van der Waals surface area contributed by atoms with Crippen molar-refractivity contribution in [2.24, 2.45) is 5.92 Å². The number of nitrogens with zero attached hydrogens (tertiary/aromatic N) is 2. The predicted molar refractivity (Wildman–Crippen MR) is 88.7 cm³/mol. The summed E-state index contributed by atoms with van der Waals surface area (Å²) in [6.07, 6.45) is 2.41. The van der Waals surface area contributed by atoms with Gasteiger partial charge in [-0.3, -0.25) is 14.4 Å². The van der Waals surface area contributed by atoms with Gasteiger partial charge in [0.15, 0.2) is 0 Å². The summed E-state index contributed by atoms with van der Waals surface area (Å²) in [6.45, 7) is 6.32. The Morgan fingerprint density at radius 3 is 2.57 bits per heavy atom. The zero-order chi connectivity index (χ0) is 16.8. The van der Waals surface area contributed by atoms with Crippen LogP contribution in [0.1, 0.15) is 40.0 Å². The van der Waals surface area contributed by atoms with Crippen LogP contribution in [0, 0.1) is 5.92 Å². The molecule has 2 saturated heterocycles. The maximum atomic E-state index is 12.8. The Balaban J connectivity index is 1.64. The van der Waals surface area contributed by atoms with Gasteiger partial charge in [0.2, 0.25) is 17.7 Å². The minimum absolute atomic E-state index is 0.0411. The summed E-state index contributed by atoms with van der Waals surface area (Å²) in [7, 11) is 0. The number of amides is 3. The molecule has 2 heterocycles. The zero-order valence-corrected chi connectivity index (χ0v) is 14.8. The molecule has 0 aromatic heterocycles. The van der Waals surface area contributed by atoms with Crippen LogP contribution in [-0.2, 0) is 14.4 Å². The molecule has 0 radical (unpaired) electrons. The van der Waals surface area contributed by atoms with Crippen LogP contribution < -0.4 is 5.32 Å². The van der Waals surface area contributed by atoms with E-state index in [1.165, 1.54) is 0 Å². The fourth-order valence-electron chi connectivity index (χ4n) is 3.20. The lowest BCUT2D eigenvalue weighted by Crippen LogP contribution is -2.53. The zero-order valence-electron chi connectivity index (χ0n) is 14.0. The fourth-order valence-corrected chi connectivity index (χ4v) is 4.36. The number of carbonyl (C=O) groups excluding carboxylic acids is 3. The molecule has 0 bridgehead atoms. The molecule has 128 valence electrons. The van der Waals surface area contributed by atoms with Crippen molar-refractivity contribution in [3.05, 3.63) is 0 Å². The van der Waals surface area contributed by atoms with Crippen LogP contribution in [0.3, 0.4) is 0 Å². The standard InChI is InChI=1S/C16H25N3O3S/c1-16(2,3)17-14(21)12-8-23-9-19(12)15(22)10-6-13(20)18(7-10)11-4-5-11/h10-12H,4-9H2,1-3H3,(H,17,21)/t10-,12+/m1/s1. The van der Waals surface area contributed by atoms with Gasteiger partial charge in [0.25, 0.3) is 0 Å². The third kappa shape index (κ3) is 3.65. The van der Waals surface area contributed by atoms with E-state index in [-0.39, 0.29) is 29.2 Å². The Labute approximate surface area is 141 Å². The molecule has 6 nitrogen and oxygen atoms in total. The fraction of sp³-hybridized carbons (Fsp3) is 0.812. The molecule has 3 fully saturated rings. The molecule has 2 atom stereocenters. The first-order valence-electron chi connectivity index (χ1n) is 8.26. The summed E-state index contributed by atoms with van der Waals surface area (Å²) >= 11 is 1.60. The van der Waals surface area contributed by atoms with Crippen molar-refractivity contribution in [1.29, 1.82) is 0 Å². The van der Waals surface area contributed by atoms with Crippen molar-refractivity contribution in [1.82, 2.24) is 15.1 Å². The molecule has 3 rings (SSSR count). The Morgan fingerprint density at radius 1 is 1.26 bits per heavy atom. The average Bonchev–Trinajstić information content (AvgIpc) is 3.02. The van der Waals surface area contributed by atoms with Gasteiger partial charge in [0.1, 0.15) is 6.04 Å². The van der Waals surface area contributed by atoms with Crippen molar-refractivity contribution in [3.8, 4) is 0 Å². The summed E-state index contributed by atoms with van der Waals surface area (Å²) in [4.78, 5) is 40.8. The monoisotopic (exact) mass is 339 g/mol. The smallest absolute Gasteiger partial charge is 0.244 e. The number of carbonyl (C=O) groups is 3. The second-order valence-electron chi connectivity index (χ2n) is 7.74. The van der Waals surface area contributed by atoms with E-state index in [9.17, 15) is 14.4 Å². The van der Waals surface area contributed by atoms with Crippen LogP contribution in [-0.4, -0.2) is 63.3 Å². The first kappa shape index (κ1) is 16.6. The van der Waals surface area contributed by atoms with Gasteiger partial charge in [-0.05, 0) is 33.6 Å². The molecular formula is C16H25N3O3S. The van der Waals surface area contributed by atoms with Crippen LogP contribution in [0.25, 0.3) is 0 Å². The largest absolute Gasteiger partial charge is 0.350 e. The Kier molecular flexibility index (Phi) is 4.33. The van der Waals surface area contributed by atoms with Crippen molar-refractivity contribution in [3.63, 3.8) is 0 Å². The van der Waals surface area contributed by atoms with Gasteiger partial charge in [-0.15, -0.1) is 11.8 Å². The molecule has 3 aliphatic rings. The second kappa shape index (κ2) is 6.00. The van der Waals surface area contributed by atoms with Gasteiger partial charge >= 0.3 is 0 Å². The van der Waals surface area contributed by atoms with Gasteiger partial charge in [-0.1, -0.05) is 0 Å². The molecule has 23 heavy (non-hydrogen) atoms. The number of likely N-dealkylation sites (tertiary alicyclic amines) is 1. The summed E-state index contributed by atoms with van der Waals surface area (Å²) < 4.78 is 0. The van der Waals surface area contributed by atoms with Gasteiger partial charge in [-0.2, -0.15) is 0 Å². The first-order valence-corrected chi connectivity index (χ1v) is 9.41. The average molecular weight is 339 g/mol. The summed E-state index contributed by atoms with van der Waals surface area (Å²) in [6, 6.07) is -0.0648. The van der Waals surface area contributed by atoms with E-state index in [1.807, 2.05) is 25.7 Å². The van der Waals surface area contributed by atoms with E-state index in [2.05, 4.69) is 5.32 Å². The number of hydrogen-bond donors (Lipinski definition) is 1. The van der Waals surface area contributed by atoms with Crippen LogP contribution >= 0.6 is 11.8 Å². The second-order valence-corrected chi connectivity index (χ2v) is 8.74. The molecule has 0 aromatic rings. The first-order chi connectivity index (χ1) is 10.8.